The Balaban J connectivity index is 1.75. The van der Waals surface area contributed by atoms with Crippen LogP contribution in [0, 0.1) is 10.1 Å². The molecule has 0 radical (unpaired) electrons. The number of hydrogen-bond acceptors (Lipinski definition) is 5. The third-order valence-electron chi connectivity index (χ3n) is 3.90. The van der Waals surface area contributed by atoms with Gasteiger partial charge in [-0.25, -0.2) is 0 Å². The summed E-state index contributed by atoms with van der Waals surface area (Å²) >= 11 is 0. The van der Waals surface area contributed by atoms with Crippen LogP contribution in [0.15, 0.2) is 77.3 Å². The molecule has 4 rings (SSSR count). The molecule has 6 heteroatoms. The van der Waals surface area contributed by atoms with E-state index in [1.165, 1.54) is 12.1 Å². The highest BCUT2D eigenvalue weighted by Gasteiger charge is 2.14. The van der Waals surface area contributed by atoms with E-state index >= 15 is 0 Å². The number of hydrogen-bond donors (Lipinski definition) is 1. The molecule has 0 saturated heterocycles. The third-order valence-corrected chi connectivity index (χ3v) is 3.90. The Kier molecular flexibility index (Phi) is 3.63. The highest BCUT2D eigenvalue weighted by molar-refractivity contribution is 5.99. The van der Waals surface area contributed by atoms with Crippen molar-refractivity contribution in [2.45, 2.75) is 0 Å². The van der Waals surface area contributed by atoms with Gasteiger partial charge in [0.1, 0.15) is 0 Å². The molecule has 0 amide bonds. The maximum atomic E-state index is 10.9. The Labute approximate surface area is 142 Å². The van der Waals surface area contributed by atoms with Crippen LogP contribution in [-0.2, 0) is 0 Å². The van der Waals surface area contributed by atoms with Crippen molar-refractivity contribution < 1.29 is 9.45 Å². The molecule has 0 aliphatic heterocycles. The molecule has 1 heterocycles. The van der Waals surface area contributed by atoms with Crippen LogP contribution in [-0.4, -0.2) is 10.1 Å². The Morgan fingerprint density at radius 1 is 0.960 bits per heavy atom. The van der Waals surface area contributed by atoms with E-state index in [4.69, 9.17) is 4.52 Å². The van der Waals surface area contributed by atoms with E-state index in [0.29, 0.717) is 17.1 Å². The topological polar surface area (TPSA) is 81.2 Å². The first kappa shape index (κ1) is 14.9. The van der Waals surface area contributed by atoms with Gasteiger partial charge in [0.25, 0.3) is 5.69 Å². The van der Waals surface area contributed by atoms with Crippen molar-refractivity contribution in [1.29, 1.82) is 0 Å². The van der Waals surface area contributed by atoms with E-state index in [-0.39, 0.29) is 5.69 Å². The molecule has 25 heavy (non-hydrogen) atoms. The average molecular weight is 331 g/mol. The monoisotopic (exact) mass is 331 g/mol. The van der Waals surface area contributed by atoms with E-state index < -0.39 is 4.92 Å². The second-order valence-corrected chi connectivity index (χ2v) is 5.51. The fourth-order valence-electron chi connectivity index (χ4n) is 2.73. The molecule has 4 aromatic rings. The largest absolute Gasteiger partial charge is 0.353 e. The number of fused-ring (bicyclic) bond motifs is 1. The summed E-state index contributed by atoms with van der Waals surface area (Å²) in [4.78, 5) is 10.5. The lowest BCUT2D eigenvalue weighted by atomic mass is 10.0. The van der Waals surface area contributed by atoms with Crippen molar-refractivity contribution in [1.82, 2.24) is 5.16 Å². The van der Waals surface area contributed by atoms with Crippen molar-refractivity contribution in [3.63, 3.8) is 0 Å². The Hall–Kier alpha value is -3.67. The highest BCUT2D eigenvalue weighted by Crippen LogP contribution is 2.33. The van der Waals surface area contributed by atoms with Gasteiger partial charge in [0.05, 0.1) is 10.3 Å². The van der Waals surface area contributed by atoms with Gasteiger partial charge in [0.2, 0.25) is 0 Å². The Morgan fingerprint density at radius 3 is 2.56 bits per heavy atom. The summed E-state index contributed by atoms with van der Waals surface area (Å²) in [6.45, 7) is 0. The Morgan fingerprint density at radius 2 is 1.76 bits per heavy atom. The number of non-ortho nitro benzene ring substituents is 1. The van der Waals surface area contributed by atoms with Crippen LogP contribution in [0.4, 0.5) is 17.2 Å². The minimum Gasteiger partial charge on any atom is -0.353 e. The molecule has 0 bridgehead atoms. The van der Waals surface area contributed by atoms with E-state index in [1.807, 2.05) is 48.5 Å². The second-order valence-electron chi connectivity index (χ2n) is 5.51. The molecule has 0 saturated carbocycles. The van der Waals surface area contributed by atoms with Gasteiger partial charge in [-0.2, -0.15) is 0 Å². The predicted molar refractivity (Wildman–Crippen MR) is 95.8 cm³/mol. The molecule has 122 valence electrons. The summed E-state index contributed by atoms with van der Waals surface area (Å²) in [5.41, 5.74) is 3.24. The average Bonchev–Trinajstić information content (AvgIpc) is 3.06. The van der Waals surface area contributed by atoms with Crippen molar-refractivity contribution in [3.05, 3.63) is 82.9 Å². The summed E-state index contributed by atoms with van der Waals surface area (Å²) in [5, 5.41) is 18.9. The van der Waals surface area contributed by atoms with Crippen LogP contribution < -0.4 is 5.32 Å². The van der Waals surface area contributed by atoms with Gasteiger partial charge in [-0.1, -0.05) is 53.7 Å². The van der Waals surface area contributed by atoms with E-state index in [9.17, 15) is 10.1 Å². The summed E-state index contributed by atoms with van der Waals surface area (Å²) in [5.74, 6) is 0.522. The standard InChI is InChI=1S/C19H13N3O3/c23-22(24)15-9-4-8-14(12-15)20-19-17-11-5-10-16(18(17)25-21-19)13-6-2-1-3-7-13/h1-12H,(H,20,21). The number of rotatable bonds is 4. The van der Waals surface area contributed by atoms with Crippen molar-refractivity contribution >= 4 is 28.2 Å². The number of nitro benzene ring substituents is 1. The lowest BCUT2D eigenvalue weighted by Gasteiger charge is -2.03. The van der Waals surface area contributed by atoms with Gasteiger partial charge in [-0.15, -0.1) is 0 Å². The number of nitrogens with zero attached hydrogens (tertiary/aromatic N) is 2. The van der Waals surface area contributed by atoms with Gasteiger partial charge >= 0.3 is 0 Å². The lowest BCUT2D eigenvalue weighted by Crippen LogP contribution is -1.93. The zero-order valence-corrected chi connectivity index (χ0v) is 13.0. The Bertz CT molecular complexity index is 1060. The minimum atomic E-state index is -0.431. The normalized spacial score (nSPS) is 10.7. The molecule has 0 atom stereocenters. The number of nitrogens with one attached hydrogen (secondary N) is 1. The predicted octanol–water partition coefficient (Wildman–Crippen LogP) is 5.15. The quantitative estimate of drug-likeness (QED) is 0.413. The fourth-order valence-corrected chi connectivity index (χ4v) is 2.73. The number of nitro groups is 1. The SMILES string of the molecule is O=[N+]([O-])c1cccc(Nc2noc3c(-c4ccccc4)cccc23)c1. The van der Waals surface area contributed by atoms with Crippen LogP contribution in [0.25, 0.3) is 22.1 Å². The van der Waals surface area contributed by atoms with Gasteiger partial charge in [-0.05, 0) is 17.7 Å². The van der Waals surface area contributed by atoms with Gasteiger partial charge in [0.15, 0.2) is 11.4 Å². The van der Waals surface area contributed by atoms with Crippen molar-refractivity contribution in [2.75, 3.05) is 5.32 Å². The van der Waals surface area contributed by atoms with E-state index in [1.54, 1.807) is 12.1 Å². The molecule has 0 fully saturated rings. The van der Waals surface area contributed by atoms with Crippen molar-refractivity contribution in [2.24, 2.45) is 0 Å². The number of para-hydroxylation sites is 1. The highest BCUT2D eigenvalue weighted by atomic mass is 16.6. The molecule has 0 aliphatic rings. The number of benzene rings is 3. The maximum Gasteiger partial charge on any atom is 0.271 e. The zero-order chi connectivity index (χ0) is 17.2. The summed E-state index contributed by atoms with van der Waals surface area (Å²) in [6.07, 6.45) is 0. The fraction of sp³-hybridized carbons (Fsp3) is 0. The molecule has 1 aromatic heterocycles. The molecular weight excluding hydrogens is 318 g/mol. The zero-order valence-electron chi connectivity index (χ0n) is 13.0. The van der Waals surface area contributed by atoms with E-state index in [0.717, 1.165) is 16.5 Å². The molecule has 0 spiro atoms. The minimum absolute atomic E-state index is 0.0165. The molecule has 3 aromatic carbocycles. The summed E-state index contributed by atoms with van der Waals surface area (Å²) in [6, 6.07) is 22.0. The van der Waals surface area contributed by atoms with Crippen molar-refractivity contribution in [3.8, 4) is 11.1 Å². The molecule has 0 aliphatic carbocycles. The molecule has 0 unspecified atom stereocenters. The first-order chi connectivity index (χ1) is 12.2. The first-order valence-electron chi connectivity index (χ1n) is 7.68. The van der Waals surface area contributed by atoms with Crippen LogP contribution in [0.1, 0.15) is 0 Å². The van der Waals surface area contributed by atoms with Gasteiger partial charge in [-0.3, -0.25) is 10.1 Å². The van der Waals surface area contributed by atoms with Gasteiger partial charge in [0, 0.05) is 23.4 Å². The van der Waals surface area contributed by atoms with Crippen LogP contribution in [0.5, 0.6) is 0 Å². The van der Waals surface area contributed by atoms with Crippen LogP contribution in [0.2, 0.25) is 0 Å². The van der Waals surface area contributed by atoms with Gasteiger partial charge < -0.3 is 9.84 Å². The summed E-state index contributed by atoms with van der Waals surface area (Å²) < 4.78 is 5.54. The first-order valence-corrected chi connectivity index (χ1v) is 7.68. The number of aromatic nitrogens is 1. The van der Waals surface area contributed by atoms with Crippen LogP contribution in [0.3, 0.4) is 0 Å². The molecule has 6 nitrogen and oxygen atoms in total. The maximum absolute atomic E-state index is 10.9. The summed E-state index contributed by atoms with van der Waals surface area (Å²) in [7, 11) is 0. The second kappa shape index (κ2) is 6.09. The molecule has 1 N–H and O–H groups in total. The van der Waals surface area contributed by atoms with Crippen LogP contribution >= 0.6 is 0 Å². The molecular formula is C19H13N3O3. The lowest BCUT2D eigenvalue weighted by molar-refractivity contribution is -0.384. The number of anilines is 2. The third kappa shape index (κ3) is 2.81. The smallest absolute Gasteiger partial charge is 0.271 e. The van der Waals surface area contributed by atoms with E-state index in [2.05, 4.69) is 10.5 Å².